The smallest absolute Gasteiger partial charge is 0.0951 e. The third-order valence-corrected chi connectivity index (χ3v) is 4.13. The van der Waals surface area contributed by atoms with Crippen molar-refractivity contribution in [2.75, 3.05) is 11.1 Å². The van der Waals surface area contributed by atoms with E-state index in [2.05, 4.69) is 32.9 Å². The van der Waals surface area contributed by atoms with Crippen LogP contribution in [0.1, 0.15) is 0 Å². The Balaban J connectivity index is 2.09. The van der Waals surface area contributed by atoms with Crippen LogP contribution in [0, 0.1) is 3.57 Å². The van der Waals surface area contributed by atoms with Crippen LogP contribution >= 0.6 is 34.2 Å². The molecular formula is C15H11ClIN3. The number of fused-ring (bicyclic) bond motifs is 1. The van der Waals surface area contributed by atoms with Crippen molar-refractivity contribution in [2.24, 2.45) is 0 Å². The molecule has 0 saturated carbocycles. The van der Waals surface area contributed by atoms with Crippen molar-refractivity contribution in [3.63, 3.8) is 0 Å². The van der Waals surface area contributed by atoms with Gasteiger partial charge in [-0.1, -0.05) is 23.7 Å². The number of rotatable bonds is 2. The molecule has 1 aromatic heterocycles. The van der Waals surface area contributed by atoms with Gasteiger partial charge in [-0.2, -0.15) is 0 Å². The maximum Gasteiger partial charge on any atom is 0.0951 e. The summed E-state index contributed by atoms with van der Waals surface area (Å²) in [4.78, 5) is 4.33. The van der Waals surface area contributed by atoms with Gasteiger partial charge in [-0.15, -0.1) is 0 Å². The summed E-state index contributed by atoms with van der Waals surface area (Å²) in [5.41, 5.74) is 9.42. The van der Waals surface area contributed by atoms with Crippen LogP contribution in [0.4, 0.5) is 17.1 Å². The molecule has 3 N–H and O–H groups in total. The largest absolute Gasteiger partial charge is 0.397 e. The second kappa shape index (κ2) is 5.46. The molecule has 1 heterocycles. The summed E-state index contributed by atoms with van der Waals surface area (Å²) >= 11 is 8.23. The molecule has 5 heteroatoms. The van der Waals surface area contributed by atoms with E-state index >= 15 is 0 Å². The fraction of sp³-hybridized carbons (Fsp3) is 0. The molecule has 0 saturated heterocycles. The number of pyridine rings is 1. The topological polar surface area (TPSA) is 50.9 Å². The molecule has 0 unspecified atom stereocenters. The zero-order valence-electron chi connectivity index (χ0n) is 10.4. The molecule has 0 atom stereocenters. The van der Waals surface area contributed by atoms with Gasteiger partial charge in [-0.25, -0.2) is 0 Å². The summed E-state index contributed by atoms with van der Waals surface area (Å²) in [6.07, 6.45) is 1.75. The molecule has 3 aromatic rings. The maximum atomic E-state index is 5.98. The van der Waals surface area contributed by atoms with Crippen LogP contribution in [-0.2, 0) is 0 Å². The fourth-order valence-electron chi connectivity index (χ4n) is 2.04. The second-order valence-corrected chi connectivity index (χ2v) is 5.95. The zero-order chi connectivity index (χ0) is 14.1. The average Bonchev–Trinajstić information content (AvgIpc) is 2.43. The van der Waals surface area contributed by atoms with E-state index in [-0.39, 0.29) is 0 Å². The summed E-state index contributed by atoms with van der Waals surface area (Å²) in [6, 6.07) is 13.5. The number of anilines is 3. The molecule has 100 valence electrons. The normalized spacial score (nSPS) is 10.7. The van der Waals surface area contributed by atoms with E-state index in [1.54, 1.807) is 6.20 Å². The lowest BCUT2D eigenvalue weighted by atomic mass is 10.1. The summed E-state index contributed by atoms with van der Waals surface area (Å²) < 4.78 is 1.06. The van der Waals surface area contributed by atoms with E-state index in [9.17, 15) is 0 Å². The molecular weight excluding hydrogens is 385 g/mol. The third-order valence-electron chi connectivity index (χ3n) is 3.00. The van der Waals surface area contributed by atoms with Gasteiger partial charge >= 0.3 is 0 Å². The first-order valence-corrected chi connectivity index (χ1v) is 7.46. The number of hydrogen-bond acceptors (Lipinski definition) is 3. The molecule has 3 nitrogen and oxygen atoms in total. The van der Waals surface area contributed by atoms with Gasteiger partial charge in [0.15, 0.2) is 0 Å². The van der Waals surface area contributed by atoms with E-state index in [4.69, 9.17) is 17.3 Å². The number of nitrogens with zero attached hydrogens (tertiary/aromatic N) is 1. The molecule has 2 aromatic carbocycles. The number of aromatic nitrogens is 1. The highest BCUT2D eigenvalue weighted by molar-refractivity contribution is 14.1. The van der Waals surface area contributed by atoms with Gasteiger partial charge in [0.1, 0.15) is 0 Å². The first-order valence-electron chi connectivity index (χ1n) is 6.00. The predicted octanol–water partition coefficient (Wildman–Crippen LogP) is 4.82. The number of nitrogen functional groups attached to an aromatic ring is 1. The maximum absolute atomic E-state index is 5.98. The van der Waals surface area contributed by atoms with Crippen molar-refractivity contribution in [2.45, 2.75) is 0 Å². The fourth-order valence-corrected chi connectivity index (χ4v) is 3.05. The van der Waals surface area contributed by atoms with Crippen molar-refractivity contribution in [3.05, 3.63) is 57.3 Å². The number of nitrogens with one attached hydrogen (secondary N) is 1. The first kappa shape index (κ1) is 13.5. The molecule has 0 bridgehead atoms. The van der Waals surface area contributed by atoms with Crippen LogP contribution in [0.2, 0.25) is 5.02 Å². The third kappa shape index (κ3) is 2.53. The molecule has 3 rings (SSSR count). The van der Waals surface area contributed by atoms with Gasteiger partial charge in [-0.3, -0.25) is 4.98 Å². The number of nitrogens with two attached hydrogens (primary N) is 1. The van der Waals surface area contributed by atoms with Crippen LogP contribution in [0.5, 0.6) is 0 Å². The summed E-state index contributed by atoms with van der Waals surface area (Å²) in [5, 5.41) is 5.13. The quantitative estimate of drug-likeness (QED) is 0.483. The van der Waals surface area contributed by atoms with Gasteiger partial charge in [0.25, 0.3) is 0 Å². The van der Waals surface area contributed by atoms with E-state index in [1.165, 1.54) is 0 Å². The minimum atomic E-state index is 0.678. The highest BCUT2D eigenvalue weighted by Crippen LogP contribution is 2.30. The Kier molecular flexibility index (Phi) is 3.67. The zero-order valence-corrected chi connectivity index (χ0v) is 13.3. The summed E-state index contributed by atoms with van der Waals surface area (Å²) in [5.74, 6) is 0. The Morgan fingerprint density at radius 1 is 1.10 bits per heavy atom. The van der Waals surface area contributed by atoms with Crippen LogP contribution < -0.4 is 11.1 Å². The van der Waals surface area contributed by atoms with Crippen molar-refractivity contribution >= 4 is 62.2 Å². The Bertz CT molecular complexity index is 789. The number of halogens is 2. The van der Waals surface area contributed by atoms with Crippen molar-refractivity contribution in [1.82, 2.24) is 4.98 Å². The Hall–Kier alpha value is -1.53. The molecule has 0 fully saturated rings. The minimum Gasteiger partial charge on any atom is -0.397 e. The van der Waals surface area contributed by atoms with Crippen LogP contribution in [0.25, 0.3) is 10.9 Å². The number of benzene rings is 2. The summed E-state index contributed by atoms with van der Waals surface area (Å²) in [6.45, 7) is 0. The van der Waals surface area contributed by atoms with Crippen molar-refractivity contribution in [3.8, 4) is 0 Å². The molecule has 0 aliphatic rings. The lowest BCUT2D eigenvalue weighted by Crippen LogP contribution is -1.96. The van der Waals surface area contributed by atoms with E-state index in [0.717, 1.165) is 30.9 Å². The van der Waals surface area contributed by atoms with Crippen LogP contribution in [0.15, 0.2) is 48.7 Å². The van der Waals surface area contributed by atoms with Gasteiger partial charge in [0.05, 0.1) is 16.9 Å². The number of hydrogen-bond donors (Lipinski definition) is 2. The highest BCUT2D eigenvalue weighted by atomic mass is 127. The van der Waals surface area contributed by atoms with Gasteiger partial charge < -0.3 is 11.1 Å². The van der Waals surface area contributed by atoms with E-state index < -0.39 is 0 Å². The molecule has 0 amide bonds. The SMILES string of the molecule is Nc1cccc2c(Nc3ccc(Cl)cc3I)ccnc12. The minimum absolute atomic E-state index is 0.678. The van der Waals surface area contributed by atoms with E-state index in [0.29, 0.717) is 5.69 Å². The highest BCUT2D eigenvalue weighted by Gasteiger charge is 2.06. The Labute approximate surface area is 135 Å². The Morgan fingerprint density at radius 3 is 2.75 bits per heavy atom. The first-order chi connectivity index (χ1) is 9.65. The molecule has 0 aliphatic carbocycles. The molecule has 0 spiro atoms. The van der Waals surface area contributed by atoms with Crippen LogP contribution in [-0.4, -0.2) is 4.98 Å². The van der Waals surface area contributed by atoms with Crippen molar-refractivity contribution < 1.29 is 0 Å². The molecule has 0 radical (unpaired) electrons. The Morgan fingerprint density at radius 2 is 1.95 bits per heavy atom. The molecule has 20 heavy (non-hydrogen) atoms. The predicted molar refractivity (Wildman–Crippen MR) is 93.6 cm³/mol. The van der Waals surface area contributed by atoms with Crippen LogP contribution in [0.3, 0.4) is 0 Å². The second-order valence-electron chi connectivity index (χ2n) is 4.35. The standard InChI is InChI=1S/C15H11ClIN3/c16-9-4-5-14(11(17)8-9)20-13-6-7-19-15-10(13)2-1-3-12(15)18/h1-8H,18H2,(H,19,20). The van der Waals surface area contributed by atoms with Gasteiger partial charge in [-0.05, 0) is 52.9 Å². The van der Waals surface area contributed by atoms with Gasteiger partial charge in [0, 0.05) is 25.9 Å². The van der Waals surface area contributed by atoms with E-state index in [1.807, 2.05) is 42.5 Å². The monoisotopic (exact) mass is 395 g/mol. The van der Waals surface area contributed by atoms with Gasteiger partial charge in [0.2, 0.25) is 0 Å². The summed E-state index contributed by atoms with van der Waals surface area (Å²) in [7, 11) is 0. The molecule has 0 aliphatic heterocycles. The number of para-hydroxylation sites is 1. The van der Waals surface area contributed by atoms with Crippen molar-refractivity contribution in [1.29, 1.82) is 0 Å². The lowest BCUT2D eigenvalue weighted by Gasteiger charge is -2.12. The lowest BCUT2D eigenvalue weighted by molar-refractivity contribution is 1.40. The average molecular weight is 396 g/mol.